The average molecular weight is 208 g/mol. The van der Waals surface area contributed by atoms with E-state index in [1.807, 2.05) is 11.0 Å². The molecule has 0 radical (unpaired) electrons. The Morgan fingerprint density at radius 2 is 1.93 bits per heavy atom. The van der Waals surface area contributed by atoms with Crippen LogP contribution in [-0.2, 0) is 4.79 Å². The van der Waals surface area contributed by atoms with Gasteiger partial charge in [-0.3, -0.25) is 4.79 Å². The molecule has 2 rings (SSSR count). The van der Waals surface area contributed by atoms with Gasteiger partial charge in [-0.15, -0.1) is 0 Å². The van der Waals surface area contributed by atoms with Gasteiger partial charge in [-0.1, -0.05) is 31.4 Å². The number of carbonyl (C=O) groups excluding carboxylic acids is 1. The van der Waals surface area contributed by atoms with Gasteiger partial charge >= 0.3 is 0 Å². The summed E-state index contributed by atoms with van der Waals surface area (Å²) < 4.78 is 0. The van der Waals surface area contributed by atoms with Crippen LogP contribution < -0.4 is 5.73 Å². The molecular weight excluding hydrogens is 188 g/mol. The van der Waals surface area contributed by atoms with Gasteiger partial charge in [0.1, 0.15) is 0 Å². The van der Waals surface area contributed by atoms with Gasteiger partial charge in [-0.05, 0) is 19.3 Å². The Bertz CT molecular complexity index is 256. The van der Waals surface area contributed by atoms with Crippen molar-refractivity contribution < 1.29 is 4.79 Å². The minimum absolute atomic E-state index is 0.145. The normalized spacial score (nSPS) is 29.3. The topological polar surface area (TPSA) is 46.3 Å². The summed E-state index contributed by atoms with van der Waals surface area (Å²) in [5, 5.41) is 0. The zero-order chi connectivity index (χ0) is 10.7. The summed E-state index contributed by atoms with van der Waals surface area (Å²) in [5.41, 5.74) is 5.83. The molecule has 1 saturated carbocycles. The van der Waals surface area contributed by atoms with Gasteiger partial charge in [-0.2, -0.15) is 0 Å². The first-order chi connectivity index (χ1) is 7.29. The van der Waals surface area contributed by atoms with E-state index >= 15 is 0 Å². The lowest BCUT2D eigenvalue weighted by atomic mass is 9.94. The zero-order valence-electron chi connectivity index (χ0n) is 9.19. The van der Waals surface area contributed by atoms with E-state index < -0.39 is 0 Å². The molecule has 1 fully saturated rings. The van der Waals surface area contributed by atoms with Crippen molar-refractivity contribution in [3.63, 3.8) is 0 Å². The molecule has 1 heterocycles. The second kappa shape index (κ2) is 4.79. The van der Waals surface area contributed by atoms with Gasteiger partial charge in [0.2, 0.25) is 5.91 Å². The maximum absolute atomic E-state index is 12.0. The predicted octanol–water partition coefficient (Wildman–Crippen LogP) is 1.43. The molecule has 1 aliphatic carbocycles. The second-order valence-electron chi connectivity index (χ2n) is 4.60. The number of nitrogens with zero attached hydrogens (tertiary/aromatic N) is 1. The highest BCUT2D eigenvalue weighted by molar-refractivity contribution is 5.82. The lowest BCUT2D eigenvalue weighted by Crippen LogP contribution is -2.48. The Labute approximate surface area is 91.3 Å². The standard InChI is InChI=1S/C12H20N2O/c13-11-8-4-5-9-14(12(11)15)10-6-2-1-3-7-10/h4-5,10-11H,1-3,6-9,13H2/t11-/m0/s1. The molecule has 3 heteroatoms. The molecule has 0 aromatic carbocycles. The first kappa shape index (κ1) is 10.7. The molecule has 1 amide bonds. The van der Waals surface area contributed by atoms with Gasteiger partial charge in [0, 0.05) is 12.6 Å². The van der Waals surface area contributed by atoms with Crippen LogP contribution in [0.5, 0.6) is 0 Å². The van der Waals surface area contributed by atoms with E-state index in [9.17, 15) is 4.79 Å². The van der Waals surface area contributed by atoms with Crippen LogP contribution in [0, 0.1) is 0 Å². The van der Waals surface area contributed by atoms with Crippen molar-refractivity contribution in [2.24, 2.45) is 5.73 Å². The van der Waals surface area contributed by atoms with Gasteiger partial charge in [-0.25, -0.2) is 0 Å². The summed E-state index contributed by atoms with van der Waals surface area (Å²) in [7, 11) is 0. The van der Waals surface area contributed by atoms with Gasteiger partial charge in [0.15, 0.2) is 0 Å². The quantitative estimate of drug-likeness (QED) is 0.663. The Balaban J connectivity index is 2.04. The number of amides is 1. The molecular formula is C12H20N2O. The largest absolute Gasteiger partial charge is 0.335 e. The highest BCUT2D eigenvalue weighted by Gasteiger charge is 2.28. The number of rotatable bonds is 1. The van der Waals surface area contributed by atoms with Crippen LogP contribution >= 0.6 is 0 Å². The summed E-state index contributed by atoms with van der Waals surface area (Å²) in [4.78, 5) is 14.0. The van der Waals surface area contributed by atoms with E-state index in [1.165, 1.54) is 19.3 Å². The molecule has 0 bridgehead atoms. The van der Waals surface area contributed by atoms with Crippen molar-refractivity contribution in [2.45, 2.75) is 50.6 Å². The molecule has 1 aliphatic heterocycles. The van der Waals surface area contributed by atoms with Crippen LogP contribution in [0.2, 0.25) is 0 Å². The van der Waals surface area contributed by atoms with Crippen LogP contribution in [0.3, 0.4) is 0 Å². The molecule has 0 spiro atoms. The van der Waals surface area contributed by atoms with Crippen LogP contribution in [0.1, 0.15) is 38.5 Å². The van der Waals surface area contributed by atoms with Crippen LogP contribution in [0.15, 0.2) is 12.2 Å². The molecule has 0 aromatic heterocycles. The summed E-state index contributed by atoms with van der Waals surface area (Å²) in [5.74, 6) is 0.145. The van der Waals surface area contributed by atoms with Crippen molar-refractivity contribution in [1.29, 1.82) is 0 Å². The highest BCUT2D eigenvalue weighted by atomic mass is 16.2. The Morgan fingerprint density at radius 3 is 2.67 bits per heavy atom. The van der Waals surface area contributed by atoms with Crippen LogP contribution in [0.25, 0.3) is 0 Å². The fourth-order valence-corrected chi connectivity index (χ4v) is 2.56. The smallest absolute Gasteiger partial charge is 0.240 e. The minimum atomic E-state index is -0.314. The first-order valence-corrected chi connectivity index (χ1v) is 6.00. The summed E-state index contributed by atoms with van der Waals surface area (Å²) >= 11 is 0. The lowest BCUT2D eigenvalue weighted by molar-refractivity contribution is -0.134. The SMILES string of the molecule is N[C@H]1CC=CCN(C2CCCCC2)C1=O. The maximum atomic E-state index is 12.0. The second-order valence-corrected chi connectivity index (χ2v) is 4.60. The van der Waals surface area contributed by atoms with Gasteiger partial charge < -0.3 is 10.6 Å². The van der Waals surface area contributed by atoms with Crippen molar-refractivity contribution in [3.05, 3.63) is 12.2 Å². The molecule has 0 unspecified atom stereocenters. The summed E-state index contributed by atoms with van der Waals surface area (Å²) in [6.45, 7) is 0.761. The van der Waals surface area contributed by atoms with Crippen LogP contribution in [-0.4, -0.2) is 29.4 Å². The molecule has 0 saturated heterocycles. The van der Waals surface area contributed by atoms with E-state index in [2.05, 4.69) is 6.08 Å². The monoisotopic (exact) mass is 208 g/mol. The molecule has 1 atom stereocenters. The zero-order valence-corrected chi connectivity index (χ0v) is 9.19. The fourth-order valence-electron chi connectivity index (χ4n) is 2.56. The Kier molecular flexibility index (Phi) is 3.41. The van der Waals surface area contributed by atoms with Crippen molar-refractivity contribution in [2.75, 3.05) is 6.54 Å². The third kappa shape index (κ3) is 2.40. The maximum Gasteiger partial charge on any atom is 0.240 e. The van der Waals surface area contributed by atoms with E-state index in [0.29, 0.717) is 12.5 Å². The molecule has 3 nitrogen and oxygen atoms in total. The highest BCUT2D eigenvalue weighted by Crippen LogP contribution is 2.24. The predicted molar refractivity (Wildman–Crippen MR) is 60.3 cm³/mol. The van der Waals surface area contributed by atoms with E-state index in [4.69, 9.17) is 5.73 Å². The average Bonchev–Trinajstić information content (AvgIpc) is 2.44. The first-order valence-electron chi connectivity index (χ1n) is 6.00. The summed E-state index contributed by atoms with van der Waals surface area (Å²) in [6, 6.07) is 0.130. The molecule has 15 heavy (non-hydrogen) atoms. The fraction of sp³-hybridized carbons (Fsp3) is 0.750. The number of hydrogen-bond acceptors (Lipinski definition) is 2. The number of nitrogens with two attached hydrogens (primary N) is 1. The van der Waals surface area contributed by atoms with Crippen molar-refractivity contribution in [3.8, 4) is 0 Å². The number of hydrogen-bond donors (Lipinski definition) is 1. The van der Waals surface area contributed by atoms with E-state index in [-0.39, 0.29) is 11.9 Å². The Hall–Kier alpha value is -0.830. The summed E-state index contributed by atoms with van der Waals surface area (Å²) in [6.07, 6.45) is 11.0. The van der Waals surface area contributed by atoms with Crippen LogP contribution in [0.4, 0.5) is 0 Å². The van der Waals surface area contributed by atoms with Crippen molar-refractivity contribution >= 4 is 5.91 Å². The van der Waals surface area contributed by atoms with E-state index in [0.717, 1.165) is 19.4 Å². The molecule has 0 aromatic rings. The minimum Gasteiger partial charge on any atom is -0.335 e. The van der Waals surface area contributed by atoms with Gasteiger partial charge in [0.25, 0.3) is 0 Å². The molecule has 2 N–H and O–H groups in total. The third-order valence-corrected chi connectivity index (χ3v) is 3.47. The number of carbonyl (C=O) groups is 1. The van der Waals surface area contributed by atoms with E-state index in [1.54, 1.807) is 0 Å². The van der Waals surface area contributed by atoms with Crippen molar-refractivity contribution in [1.82, 2.24) is 4.90 Å². The lowest BCUT2D eigenvalue weighted by Gasteiger charge is -2.34. The molecule has 2 aliphatic rings. The Morgan fingerprint density at radius 1 is 1.20 bits per heavy atom. The van der Waals surface area contributed by atoms with Gasteiger partial charge in [0.05, 0.1) is 6.04 Å². The third-order valence-electron chi connectivity index (χ3n) is 3.47. The molecule has 84 valence electrons.